The number of carboxylic acids is 1. The third-order valence-corrected chi connectivity index (χ3v) is 4.75. The van der Waals surface area contributed by atoms with Crippen molar-refractivity contribution in [3.63, 3.8) is 0 Å². The number of fused-ring (bicyclic) bond motifs is 1. The van der Waals surface area contributed by atoms with Crippen LogP contribution < -0.4 is 10.5 Å². The first-order valence-corrected chi connectivity index (χ1v) is 9.12. The molecule has 0 radical (unpaired) electrons. The summed E-state index contributed by atoms with van der Waals surface area (Å²) < 4.78 is 11.4. The number of pyridine rings is 1. The van der Waals surface area contributed by atoms with Crippen molar-refractivity contribution in [1.29, 1.82) is 0 Å². The van der Waals surface area contributed by atoms with Crippen LogP contribution >= 0.6 is 0 Å². The molecule has 2 aromatic heterocycles. The Labute approximate surface area is 161 Å². The monoisotopic (exact) mass is 379 g/mol. The predicted molar refractivity (Wildman–Crippen MR) is 107 cm³/mol. The van der Waals surface area contributed by atoms with Crippen LogP contribution in [0.3, 0.4) is 0 Å². The molecule has 3 heterocycles. The Bertz CT molecular complexity index is 1040. The molecule has 1 aromatic carbocycles. The van der Waals surface area contributed by atoms with E-state index in [9.17, 15) is 4.79 Å². The molecule has 0 bridgehead atoms. The average Bonchev–Trinajstić information content (AvgIpc) is 3.12. The van der Waals surface area contributed by atoms with Crippen molar-refractivity contribution in [2.45, 2.75) is 18.9 Å². The molecule has 7 heteroatoms. The lowest BCUT2D eigenvalue weighted by Crippen LogP contribution is -2.26. The molecule has 4 N–H and O–H groups in total. The third-order valence-electron chi connectivity index (χ3n) is 4.75. The first kappa shape index (κ1) is 18.1. The Balaban J connectivity index is 1.63. The smallest absolute Gasteiger partial charge is 0.328 e. The fourth-order valence-electron chi connectivity index (χ4n) is 3.31. The highest BCUT2D eigenvalue weighted by molar-refractivity contribution is 5.96. The van der Waals surface area contributed by atoms with E-state index in [4.69, 9.17) is 20.3 Å². The number of carboxylic acid groups (broad SMARTS) is 1. The van der Waals surface area contributed by atoms with Crippen molar-refractivity contribution in [3.8, 4) is 16.9 Å². The molecular weight excluding hydrogens is 358 g/mol. The van der Waals surface area contributed by atoms with Crippen molar-refractivity contribution < 1.29 is 19.4 Å². The highest BCUT2D eigenvalue weighted by Crippen LogP contribution is 2.34. The molecular formula is C21H21N3O4. The van der Waals surface area contributed by atoms with Crippen molar-refractivity contribution >= 4 is 28.8 Å². The lowest BCUT2D eigenvalue weighted by Gasteiger charge is -2.24. The molecule has 144 valence electrons. The number of nitrogens with zero attached hydrogens (tertiary/aromatic N) is 1. The van der Waals surface area contributed by atoms with Crippen LogP contribution in [-0.4, -0.2) is 40.4 Å². The number of aromatic nitrogens is 2. The fraction of sp³-hybridized carbons (Fsp3) is 0.238. The van der Waals surface area contributed by atoms with Gasteiger partial charge in [-0.3, -0.25) is 0 Å². The van der Waals surface area contributed by atoms with E-state index in [-0.39, 0.29) is 6.10 Å². The van der Waals surface area contributed by atoms with Gasteiger partial charge in [0.15, 0.2) is 0 Å². The summed E-state index contributed by atoms with van der Waals surface area (Å²) in [6.45, 7) is 1.42. The molecule has 0 spiro atoms. The van der Waals surface area contributed by atoms with Crippen LogP contribution in [0.25, 0.3) is 28.2 Å². The van der Waals surface area contributed by atoms with E-state index in [0.717, 1.165) is 41.1 Å². The Kier molecular flexibility index (Phi) is 4.99. The van der Waals surface area contributed by atoms with Crippen LogP contribution in [0, 0.1) is 0 Å². The lowest BCUT2D eigenvalue weighted by atomic mass is 10.0. The Morgan fingerprint density at radius 1 is 1.32 bits per heavy atom. The SMILES string of the molecule is Nc1cc(-c2c[nH]c3ncc(C=CC(=O)O)cc23)ccc1OC1CCOCC1. The minimum absolute atomic E-state index is 0.128. The van der Waals surface area contributed by atoms with Gasteiger partial charge in [-0.1, -0.05) is 6.07 Å². The summed E-state index contributed by atoms with van der Waals surface area (Å²) in [6, 6.07) is 7.64. The molecule has 7 nitrogen and oxygen atoms in total. The number of nitrogen functional groups attached to an aromatic ring is 1. The molecule has 28 heavy (non-hydrogen) atoms. The molecule has 4 rings (SSSR count). The van der Waals surface area contributed by atoms with E-state index in [2.05, 4.69) is 9.97 Å². The quantitative estimate of drug-likeness (QED) is 0.462. The minimum Gasteiger partial charge on any atom is -0.488 e. The molecule has 3 aromatic rings. The Morgan fingerprint density at radius 3 is 2.89 bits per heavy atom. The molecule has 1 aliphatic rings. The lowest BCUT2D eigenvalue weighted by molar-refractivity contribution is -0.131. The zero-order chi connectivity index (χ0) is 19.5. The summed E-state index contributed by atoms with van der Waals surface area (Å²) in [6.07, 6.45) is 7.96. The summed E-state index contributed by atoms with van der Waals surface area (Å²) >= 11 is 0. The topological polar surface area (TPSA) is 110 Å². The number of nitrogens with one attached hydrogen (secondary N) is 1. The van der Waals surface area contributed by atoms with Gasteiger partial charge < -0.3 is 25.3 Å². The number of ether oxygens (including phenoxy) is 2. The van der Waals surface area contributed by atoms with Crippen LogP contribution in [0.4, 0.5) is 5.69 Å². The zero-order valence-corrected chi connectivity index (χ0v) is 15.2. The van der Waals surface area contributed by atoms with Gasteiger partial charge in [0.05, 0.1) is 18.9 Å². The molecule has 0 atom stereocenters. The maximum absolute atomic E-state index is 10.7. The van der Waals surface area contributed by atoms with Gasteiger partial charge in [0.1, 0.15) is 17.5 Å². The van der Waals surface area contributed by atoms with E-state index < -0.39 is 5.97 Å². The summed E-state index contributed by atoms with van der Waals surface area (Å²) in [4.78, 5) is 18.2. The number of hydrogen-bond acceptors (Lipinski definition) is 5. The first-order valence-electron chi connectivity index (χ1n) is 9.12. The molecule has 0 amide bonds. The molecule has 0 unspecified atom stereocenters. The van der Waals surface area contributed by atoms with Gasteiger partial charge in [-0.25, -0.2) is 9.78 Å². The molecule has 1 aliphatic heterocycles. The van der Waals surface area contributed by atoms with Crippen molar-refractivity contribution in [1.82, 2.24) is 9.97 Å². The predicted octanol–water partition coefficient (Wildman–Crippen LogP) is 3.47. The number of hydrogen-bond donors (Lipinski definition) is 3. The maximum atomic E-state index is 10.7. The van der Waals surface area contributed by atoms with Crippen LogP contribution in [0.2, 0.25) is 0 Å². The second-order valence-electron chi connectivity index (χ2n) is 6.72. The fourth-order valence-corrected chi connectivity index (χ4v) is 3.31. The number of H-pyrrole nitrogens is 1. The Hall–Kier alpha value is -3.32. The molecule has 1 saturated heterocycles. The normalized spacial score (nSPS) is 15.3. The number of aromatic amines is 1. The highest BCUT2D eigenvalue weighted by atomic mass is 16.5. The van der Waals surface area contributed by atoms with Crippen LogP contribution in [0.1, 0.15) is 18.4 Å². The molecule has 1 fully saturated rings. The molecule has 0 saturated carbocycles. The van der Waals surface area contributed by atoms with E-state index in [0.29, 0.717) is 30.2 Å². The second kappa shape index (κ2) is 7.74. The first-order chi connectivity index (χ1) is 13.6. The number of carbonyl (C=O) groups is 1. The molecule has 0 aliphatic carbocycles. The largest absolute Gasteiger partial charge is 0.488 e. The minimum atomic E-state index is -0.998. The van der Waals surface area contributed by atoms with E-state index in [1.807, 2.05) is 30.5 Å². The number of nitrogens with two attached hydrogens (primary N) is 1. The van der Waals surface area contributed by atoms with E-state index in [1.54, 1.807) is 6.20 Å². The van der Waals surface area contributed by atoms with Gasteiger partial charge in [0.2, 0.25) is 0 Å². The zero-order valence-electron chi connectivity index (χ0n) is 15.2. The third kappa shape index (κ3) is 3.84. The van der Waals surface area contributed by atoms with Crippen LogP contribution in [-0.2, 0) is 9.53 Å². The van der Waals surface area contributed by atoms with Crippen molar-refractivity contribution in [2.24, 2.45) is 0 Å². The van der Waals surface area contributed by atoms with Crippen molar-refractivity contribution in [3.05, 3.63) is 48.3 Å². The summed E-state index contributed by atoms with van der Waals surface area (Å²) in [5.41, 5.74) is 10.1. The van der Waals surface area contributed by atoms with Gasteiger partial charge in [-0.15, -0.1) is 0 Å². The van der Waals surface area contributed by atoms with Crippen molar-refractivity contribution in [2.75, 3.05) is 18.9 Å². The van der Waals surface area contributed by atoms with E-state index in [1.165, 1.54) is 6.08 Å². The summed E-state index contributed by atoms with van der Waals surface area (Å²) in [5, 5.41) is 9.70. The number of rotatable bonds is 5. The van der Waals surface area contributed by atoms with Crippen LogP contribution in [0.15, 0.2) is 42.7 Å². The summed E-state index contributed by atoms with van der Waals surface area (Å²) in [7, 11) is 0. The number of anilines is 1. The van der Waals surface area contributed by atoms with Gasteiger partial charge in [0, 0.05) is 42.3 Å². The van der Waals surface area contributed by atoms with Gasteiger partial charge in [-0.05, 0) is 35.4 Å². The number of aliphatic carboxylic acids is 1. The van der Waals surface area contributed by atoms with Gasteiger partial charge in [0.25, 0.3) is 0 Å². The highest BCUT2D eigenvalue weighted by Gasteiger charge is 2.17. The summed E-state index contributed by atoms with van der Waals surface area (Å²) in [5.74, 6) is -0.319. The number of benzene rings is 1. The maximum Gasteiger partial charge on any atom is 0.328 e. The second-order valence-corrected chi connectivity index (χ2v) is 6.72. The van der Waals surface area contributed by atoms with Gasteiger partial charge in [-0.2, -0.15) is 0 Å². The van der Waals surface area contributed by atoms with Crippen LogP contribution in [0.5, 0.6) is 5.75 Å². The van der Waals surface area contributed by atoms with E-state index >= 15 is 0 Å². The standard InChI is InChI=1S/C21H21N3O4/c22-18-10-14(2-3-19(18)28-15-5-7-27-8-6-15)17-12-24-21-16(17)9-13(11-23-21)1-4-20(25)26/h1-4,9-12,15H,5-8,22H2,(H,23,24)(H,25,26). The Morgan fingerprint density at radius 2 is 2.14 bits per heavy atom. The van der Waals surface area contributed by atoms with Gasteiger partial charge >= 0.3 is 5.97 Å². The average molecular weight is 379 g/mol.